The monoisotopic (exact) mass is 221 g/mol. The minimum Gasteiger partial charge on any atom is -0.374 e. The summed E-state index contributed by atoms with van der Waals surface area (Å²) in [6, 6.07) is 7.53. The lowest BCUT2D eigenvalue weighted by atomic mass is 10.1. The van der Waals surface area contributed by atoms with Crippen molar-refractivity contribution in [3.8, 4) is 0 Å². The molecule has 0 saturated carbocycles. The molecule has 0 unspecified atom stereocenters. The average molecular weight is 221 g/mol. The molecule has 16 heavy (non-hydrogen) atoms. The highest BCUT2D eigenvalue weighted by Crippen LogP contribution is 2.09. The number of carbonyl (C=O) groups is 1. The third-order valence-corrected chi connectivity index (χ3v) is 2.49. The summed E-state index contributed by atoms with van der Waals surface area (Å²) in [6.45, 7) is 5.10. The van der Waals surface area contributed by atoms with E-state index in [1.807, 2.05) is 38.1 Å². The summed E-state index contributed by atoms with van der Waals surface area (Å²) < 4.78 is 5.64. The molecule has 0 bridgehead atoms. The van der Waals surface area contributed by atoms with Crippen LogP contribution in [0.1, 0.15) is 29.8 Å². The maximum absolute atomic E-state index is 10.5. The summed E-state index contributed by atoms with van der Waals surface area (Å²) in [4.78, 5) is 10.5. The maximum atomic E-state index is 10.5. The molecule has 3 nitrogen and oxygen atoms in total. The van der Waals surface area contributed by atoms with Crippen molar-refractivity contribution in [2.45, 2.75) is 25.9 Å². The summed E-state index contributed by atoms with van der Waals surface area (Å²) in [5.41, 5.74) is 7.16. The first kappa shape index (κ1) is 12.9. The molecule has 0 atom stereocenters. The summed E-state index contributed by atoms with van der Waals surface area (Å²) in [5.74, 6) is 0. The molecule has 0 radical (unpaired) electrons. The third-order valence-electron chi connectivity index (χ3n) is 2.49. The van der Waals surface area contributed by atoms with Gasteiger partial charge in [-0.05, 0) is 25.8 Å². The lowest BCUT2D eigenvalue weighted by molar-refractivity contribution is -0.00854. The van der Waals surface area contributed by atoms with Crippen LogP contribution in [0, 0.1) is 0 Å². The SMILES string of the molecule is CC(C)(CN)OCCc1ccc(C=O)cc1. The van der Waals surface area contributed by atoms with E-state index in [9.17, 15) is 4.79 Å². The van der Waals surface area contributed by atoms with Gasteiger partial charge in [0, 0.05) is 12.1 Å². The van der Waals surface area contributed by atoms with Crippen molar-refractivity contribution in [3.63, 3.8) is 0 Å². The van der Waals surface area contributed by atoms with Gasteiger partial charge in [0.05, 0.1) is 12.2 Å². The molecule has 0 saturated heterocycles. The van der Waals surface area contributed by atoms with E-state index in [-0.39, 0.29) is 5.60 Å². The van der Waals surface area contributed by atoms with E-state index in [1.165, 1.54) is 5.56 Å². The van der Waals surface area contributed by atoms with Crippen molar-refractivity contribution in [1.29, 1.82) is 0 Å². The lowest BCUT2D eigenvalue weighted by Gasteiger charge is -2.23. The molecule has 1 aromatic carbocycles. The van der Waals surface area contributed by atoms with Gasteiger partial charge < -0.3 is 10.5 Å². The van der Waals surface area contributed by atoms with E-state index >= 15 is 0 Å². The van der Waals surface area contributed by atoms with Gasteiger partial charge in [0.15, 0.2) is 0 Å². The predicted molar refractivity (Wildman–Crippen MR) is 64.6 cm³/mol. The van der Waals surface area contributed by atoms with E-state index in [2.05, 4.69) is 0 Å². The molecule has 3 heteroatoms. The van der Waals surface area contributed by atoms with Gasteiger partial charge >= 0.3 is 0 Å². The van der Waals surface area contributed by atoms with E-state index in [4.69, 9.17) is 10.5 Å². The number of benzene rings is 1. The number of rotatable bonds is 6. The van der Waals surface area contributed by atoms with Crippen molar-refractivity contribution >= 4 is 6.29 Å². The molecule has 0 heterocycles. The van der Waals surface area contributed by atoms with Gasteiger partial charge in [-0.1, -0.05) is 24.3 Å². The molecule has 1 aromatic rings. The molecule has 0 amide bonds. The topological polar surface area (TPSA) is 52.3 Å². The quantitative estimate of drug-likeness (QED) is 0.745. The third kappa shape index (κ3) is 4.13. The van der Waals surface area contributed by atoms with Crippen LogP contribution >= 0.6 is 0 Å². The van der Waals surface area contributed by atoms with Crippen LogP contribution in [-0.2, 0) is 11.2 Å². The number of hydrogen-bond acceptors (Lipinski definition) is 3. The molecular weight excluding hydrogens is 202 g/mol. The second-order valence-electron chi connectivity index (χ2n) is 4.42. The van der Waals surface area contributed by atoms with Gasteiger partial charge in [-0.25, -0.2) is 0 Å². The summed E-state index contributed by atoms with van der Waals surface area (Å²) in [7, 11) is 0. The highest BCUT2D eigenvalue weighted by molar-refractivity contribution is 5.74. The maximum Gasteiger partial charge on any atom is 0.150 e. The molecule has 0 fully saturated rings. The Hall–Kier alpha value is -1.19. The Kier molecular flexibility index (Phi) is 4.65. The summed E-state index contributed by atoms with van der Waals surface area (Å²) >= 11 is 0. The number of nitrogens with two attached hydrogens (primary N) is 1. The van der Waals surface area contributed by atoms with Gasteiger partial charge in [0.2, 0.25) is 0 Å². The summed E-state index contributed by atoms with van der Waals surface area (Å²) in [5, 5.41) is 0. The smallest absolute Gasteiger partial charge is 0.150 e. The lowest BCUT2D eigenvalue weighted by Crippen LogP contribution is -2.34. The fourth-order valence-corrected chi connectivity index (χ4v) is 1.27. The molecular formula is C13H19NO2. The largest absolute Gasteiger partial charge is 0.374 e. The minimum absolute atomic E-state index is 0.261. The fraction of sp³-hybridized carbons (Fsp3) is 0.462. The summed E-state index contributed by atoms with van der Waals surface area (Å²) in [6.07, 6.45) is 1.68. The van der Waals surface area contributed by atoms with Crippen LogP contribution < -0.4 is 5.73 Å². The molecule has 2 N–H and O–H groups in total. The van der Waals surface area contributed by atoms with Crippen molar-refractivity contribution in [2.75, 3.05) is 13.2 Å². The second-order valence-corrected chi connectivity index (χ2v) is 4.42. The average Bonchev–Trinajstić information content (AvgIpc) is 2.30. The van der Waals surface area contributed by atoms with E-state index in [0.717, 1.165) is 12.7 Å². The second kappa shape index (κ2) is 5.77. The Morgan fingerprint density at radius 1 is 1.31 bits per heavy atom. The molecule has 0 aromatic heterocycles. The van der Waals surface area contributed by atoms with Crippen LogP contribution in [0.2, 0.25) is 0 Å². The zero-order chi connectivity index (χ0) is 12.0. The Labute approximate surface area is 96.6 Å². The highest BCUT2D eigenvalue weighted by Gasteiger charge is 2.14. The van der Waals surface area contributed by atoms with Crippen molar-refractivity contribution in [1.82, 2.24) is 0 Å². The standard InChI is InChI=1S/C13H19NO2/c1-13(2,10-14)16-8-7-11-3-5-12(9-15)6-4-11/h3-6,9H,7-8,10,14H2,1-2H3. The van der Waals surface area contributed by atoms with Crippen LogP contribution in [0.5, 0.6) is 0 Å². The van der Waals surface area contributed by atoms with Crippen LogP contribution in [-0.4, -0.2) is 25.0 Å². The van der Waals surface area contributed by atoms with Gasteiger partial charge in [-0.15, -0.1) is 0 Å². The molecule has 0 aliphatic rings. The Balaban J connectivity index is 2.40. The van der Waals surface area contributed by atoms with Gasteiger partial charge in [-0.3, -0.25) is 4.79 Å². The van der Waals surface area contributed by atoms with Gasteiger partial charge in [-0.2, -0.15) is 0 Å². The normalized spacial score (nSPS) is 11.4. The van der Waals surface area contributed by atoms with Gasteiger partial charge in [0.1, 0.15) is 6.29 Å². The predicted octanol–water partition coefficient (Wildman–Crippen LogP) is 1.80. The molecule has 0 aliphatic carbocycles. The zero-order valence-electron chi connectivity index (χ0n) is 9.90. The zero-order valence-corrected chi connectivity index (χ0v) is 9.90. The van der Waals surface area contributed by atoms with Crippen LogP contribution in [0.3, 0.4) is 0 Å². The van der Waals surface area contributed by atoms with Crippen molar-refractivity contribution in [2.24, 2.45) is 5.73 Å². The van der Waals surface area contributed by atoms with Gasteiger partial charge in [0.25, 0.3) is 0 Å². The fourth-order valence-electron chi connectivity index (χ4n) is 1.27. The molecule has 88 valence electrons. The number of aldehydes is 1. The Morgan fingerprint density at radius 3 is 2.44 bits per heavy atom. The van der Waals surface area contributed by atoms with Crippen LogP contribution in [0.15, 0.2) is 24.3 Å². The highest BCUT2D eigenvalue weighted by atomic mass is 16.5. The Morgan fingerprint density at radius 2 is 1.94 bits per heavy atom. The Bertz CT molecular complexity index is 330. The number of ether oxygens (including phenoxy) is 1. The van der Waals surface area contributed by atoms with E-state index in [1.54, 1.807) is 0 Å². The number of carbonyl (C=O) groups excluding carboxylic acids is 1. The van der Waals surface area contributed by atoms with Crippen LogP contribution in [0.4, 0.5) is 0 Å². The van der Waals surface area contributed by atoms with Crippen molar-refractivity contribution in [3.05, 3.63) is 35.4 Å². The first-order valence-corrected chi connectivity index (χ1v) is 5.45. The van der Waals surface area contributed by atoms with E-state index in [0.29, 0.717) is 18.7 Å². The first-order valence-electron chi connectivity index (χ1n) is 5.45. The molecule has 0 spiro atoms. The molecule has 0 aliphatic heterocycles. The first-order chi connectivity index (χ1) is 7.57. The van der Waals surface area contributed by atoms with Crippen LogP contribution in [0.25, 0.3) is 0 Å². The minimum atomic E-state index is -0.261. The number of hydrogen-bond donors (Lipinski definition) is 1. The van der Waals surface area contributed by atoms with Crippen molar-refractivity contribution < 1.29 is 9.53 Å². The van der Waals surface area contributed by atoms with E-state index < -0.39 is 0 Å². The molecule has 1 rings (SSSR count).